The highest BCUT2D eigenvalue weighted by Gasteiger charge is 2.26. The van der Waals surface area contributed by atoms with Crippen LogP contribution >= 0.6 is 7.82 Å². The van der Waals surface area contributed by atoms with E-state index in [1.807, 2.05) is 128 Å². The SMILES string of the molecule is CCCOP(=O)(OC)OC[C@H](COCCCOc1ccccc1)OCc1ccccc1.OC[C@H](COCCCOc1ccccc1)OCc1ccccc1. The fraction of sp³-hybridized carbons (Fsp3) is 0.429. The molecule has 0 spiro atoms. The van der Waals surface area contributed by atoms with Gasteiger partial charge in [-0.1, -0.05) is 104 Å². The average Bonchev–Trinajstić information content (AvgIpc) is 3.23. The minimum absolute atomic E-state index is 0.0299. The molecule has 0 amide bonds. The van der Waals surface area contributed by atoms with E-state index in [9.17, 15) is 9.67 Å². The van der Waals surface area contributed by atoms with E-state index < -0.39 is 13.9 Å². The lowest BCUT2D eigenvalue weighted by Crippen LogP contribution is -2.26. The highest BCUT2D eigenvalue weighted by Crippen LogP contribution is 2.48. The molecular weight excluding hydrogens is 711 g/mol. The highest BCUT2D eigenvalue weighted by atomic mass is 31.2. The standard InChI is InChI=1S/C23H33O7P.C19H24O4/c1-3-15-29-31(24,25-2)30-20-23(28-18-21-11-6-4-7-12-21)19-26-16-10-17-27-22-13-8-5-9-14-22;20-14-19(23-15-17-8-3-1-4-9-17)16-21-12-7-13-22-18-10-5-2-6-11-18/h4-9,11-14,23H,3,10,15-20H2,1-2H3;1-6,8-11,19-20H,7,12-16H2/t23-,31?;19-/m01/s1. The van der Waals surface area contributed by atoms with Gasteiger partial charge in [0.2, 0.25) is 0 Å². The number of rotatable bonds is 28. The Balaban J connectivity index is 0.000000303. The zero-order chi connectivity index (χ0) is 38.4. The fourth-order valence-electron chi connectivity index (χ4n) is 4.56. The molecular formula is C42H57O11P. The molecule has 4 aromatic carbocycles. The van der Waals surface area contributed by atoms with E-state index in [2.05, 4.69) is 0 Å². The van der Waals surface area contributed by atoms with Crippen LogP contribution in [0, 0.1) is 0 Å². The minimum atomic E-state index is -3.61. The Kier molecular flexibility index (Phi) is 23.9. The first-order valence-corrected chi connectivity index (χ1v) is 19.9. The molecule has 0 radical (unpaired) electrons. The molecule has 0 aromatic heterocycles. The van der Waals surface area contributed by atoms with Crippen LogP contribution in [-0.4, -0.2) is 83.9 Å². The number of hydrogen-bond donors (Lipinski definition) is 1. The molecule has 0 saturated heterocycles. The number of ether oxygens (including phenoxy) is 6. The van der Waals surface area contributed by atoms with E-state index in [1.54, 1.807) is 0 Å². The van der Waals surface area contributed by atoms with Gasteiger partial charge >= 0.3 is 7.82 Å². The molecule has 296 valence electrons. The van der Waals surface area contributed by atoms with Crippen LogP contribution in [0.15, 0.2) is 121 Å². The predicted octanol–water partition coefficient (Wildman–Crippen LogP) is 8.31. The van der Waals surface area contributed by atoms with E-state index >= 15 is 0 Å². The third kappa shape index (κ3) is 20.7. The monoisotopic (exact) mass is 768 g/mol. The third-order valence-corrected chi connectivity index (χ3v) is 8.87. The molecule has 4 rings (SSSR count). The van der Waals surface area contributed by atoms with Crippen molar-refractivity contribution in [2.75, 3.05) is 66.6 Å². The maximum Gasteiger partial charge on any atom is 0.474 e. The van der Waals surface area contributed by atoms with E-state index in [-0.39, 0.29) is 25.9 Å². The summed E-state index contributed by atoms with van der Waals surface area (Å²) in [5, 5.41) is 9.33. The van der Waals surface area contributed by atoms with Gasteiger partial charge < -0.3 is 33.5 Å². The lowest BCUT2D eigenvalue weighted by Gasteiger charge is -2.21. The molecule has 0 heterocycles. The Labute approximate surface area is 321 Å². The third-order valence-electron chi connectivity index (χ3n) is 7.45. The molecule has 11 nitrogen and oxygen atoms in total. The Morgan fingerprint density at radius 1 is 0.556 bits per heavy atom. The molecule has 3 atom stereocenters. The van der Waals surface area contributed by atoms with Crippen LogP contribution in [-0.2, 0) is 50.3 Å². The lowest BCUT2D eigenvalue weighted by atomic mass is 10.2. The molecule has 12 heteroatoms. The Morgan fingerprint density at radius 2 is 1.00 bits per heavy atom. The Morgan fingerprint density at radius 3 is 1.44 bits per heavy atom. The van der Waals surface area contributed by atoms with Gasteiger partial charge in [-0.15, -0.1) is 0 Å². The number of para-hydroxylation sites is 2. The van der Waals surface area contributed by atoms with Crippen LogP contribution in [0.25, 0.3) is 0 Å². The number of phosphoric acid groups is 1. The zero-order valence-corrected chi connectivity index (χ0v) is 32.5. The summed E-state index contributed by atoms with van der Waals surface area (Å²) in [6.45, 7) is 5.98. The number of hydrogen-bond acceptors (Lipinski definition) is 11. The smallest absolute Gasteiger partial charge is 0.474 e. The van der Waals surface area contributed by atoms with Crippen LogP contribution in [0.4, 0.5) is 0 Å². The molecule has 1 N–H and O–H groups in total. The minimum Gasteiger partial charge on any atom is -0.494 e. The first-order valence-electron chi connectivity index (χ1n) is 18.4. The first-order chi connectivity index (χ1) is 26.5. The van der Waals surface area contributed by atoms with Gasteiger partial charge in [0.1, 0.15) is 23.7 Å². The highest BCUT2D eigenvalue weighted by molar-refractivity contribution is 7.48. The van der Waals surface area contributed by atoms with Crippen molar-refractivity contribution < 1.29 is 51.7 Å². The van der Waals surface area contributed by atoms with Crippen molar-refractivity contribution in [2.45, 2.75) is 51.6 Å². The number of benzene rings is 4. The first kappa shape index (κ1) is 44.8. The summed E-state index contributed by atoms with van der Waals surface area (Å²) < 4.78 is 62.2. The van der Waals surface area contributed by atoms with Gasteiger partial charge in [-0.3, -0.25) is 13.6 Å². The van der Waals surface area contributed by atoms with Crippen molar-refractivity contribution >= 4 is 7.82 Å². The molecule has 0 bridgehead atoms. The van der Waals surface area contributed by atoms with Gasteiger partial charge in [0, 0.05) is 33.2 Å². The number of phosphoric ester groups is 1. The molecule has 0 fully saturated rings. The molecule has 0 aliphatic carbocycles. The van der Waals surface area contributed by atoms with Crippen LogP contribution in [0.2, 0.25) is 0 Å². The molecule has 54 heavy (non-hydrogen) atoms. The molecule has 0 aliphatic rings. The molecule has 0 aliphatic heterocycles. The van der Waals surface area contributed by atoms with Gasteiger partial charge in [0.15, 0.2) is 0 Å². The summed E-state index contributed by atoms with van der Waals surface area (Å²) >= 11 is 0. The van der Waals surface area contributed by atoms with Gasteiger partial charge in [-0.05, 0) is 41.8 Å². The normalized spacial score (nSPS) is 13.2. The van der Waals surface area contributed by atoms with Gasteiger partial charge in [-0.2, -0.15) is 0 Å². The van der Waals surface area contributed by atoms with E-state index in [1.165, 1.54) is 7.11 Å². The Bertz CT molecular complexity index is 1480. The van der Waals surface area contributed by atoms with Crippen molar-refractivity contribution in [3.8, 4) is 11.5 Å². The van der Waals surface area contributed by atoms with E-state index in [0.29, 0.717) is 59.3 Å². The topological polar surface area (TPSA) is 120 Å². The van der Waals surface area contributed by atoms with E-state index in [0.717, 1.165) is 35.5 Å². The fourth-order valence-corrected chi connectivity index (χ4v) is 5.60. The van der Waals surface area contributed by atoms with Gasteiger partial charge in [0.05, 0.1) is 59.5 Å². The quantitative estimate of drug-likeness (QED) is 0.0444. The van der Waals surface area contributed by atoms with Gasteiger partial charge in [-0.25, -0.2) is 4.57 Å². The zero-order valence-electron chi connectivity index (χ0n) is 31.6. The summed E-state index contributed by atoms with van der Waals surface area (Å²) in [7, 11) is -2.30. The number of aliphatic hydroxyl groups is 1. The van der Waals surface area contributed by atoms with Crippen LogP contribution in [0.5, 0.6) is 11.5 Å². The maximum atomic E-state index is 12.5. The number of aliphatic hydroxyl groups excluding tert-OH is 1. The van der Waals surface area contributed by atoms with Crippen LogP contribution < -0.4 is 9.47 Å². The second-order valence-corrected chi connectivity index (χ2v) is 13.7. The summed E-state index contributed by atoms with van der Waals surface area (Å²) in [5.74, 6) is 1.70. The largest absolute Gasteiger partial charge is 0.494 e. The van der Waals surface area contributed by atoms with Crippen molar-refractivity contribution in [3.05, 3.63) is 132 Å². The summed E-state index contributed by atoms with van der Waals surface area (Å²) in [4.78, 5) is 0. The molecule has 0 saturated carbocycles. The maximum absolute atomic E-state index is 12.5. The summed E-state index contributed by atoms with van der Waals surface area (Å²) in [6, 6.07) is 39.1. The predicted molar refractivity (Wildman–Crippen MR) is 209 cm³/mol. The van der Waals surface area contributed by atoms with Crippen molar-refractivity contribution in [1.29, 1.82) is 0 Å². The Hall–Kier alpha value is -3.61. The second-order valence-electron chi connectivity index (χ2n) is 12.0. The summed E-state index contributed by atoms with van der Waals surface area (Å²) in [6.07, 6.45) is 1.51. The van der Waals surface area contributed by atoms with E-state index in [4.69, 9.17) is 42.0 Å². The van der Waals surface area contributed by atoms with Crippen LogP contribution in [0.1, 0.15) is 37.3 Å². The van der Waals surface area contributed by atoms with Gasteiger partial charge in [0.25, 0.3) is 0 Å². The van der Waals surface area contributed by atoms with Crippen molar-refractivity contribution in [3.63, 3.8) is 0 Å². The summed E-state index contributed by atoms with van der Waals surface area (Å²) in [5.41, 5.74) is 2.11. The van der Waals surface area contributed by atoms with Crippen LogP contribution in [0.3, 0.4) is 0 Å². The second kappa shape index (κ2) is 28.8. The van der Waals surface area contributed by atoms with Crippen molar-refractivity contribution in [1.82, 2.24) is 0 Å². The molecule has 1 unspecified atom stereocenters. The molecule has 4 aromatic rings. The lowest BCUT2D eigenvalue weighted by molar-refractivity contribution is -0.0520. The average molecular weight is 769 g/mol. The van der Waals surface area contributed by atoms with Crippen molar-refractivity contribution in [2.24, 2.45) is 0 Å².